The number of aromatic nitrogens is 3. The molecular formula is C10H11N3O2S. The molecule has 2 rings (SSSR count). The Bertz CT molecular complexity index is 504. The molecule has 0 saturated heterocycles. The van der Waals surface area contributed by atoms with E-state index in [1.54, 1.807) is 10.9 Å². The smallest absolute Gasteiger partial charge is 0.275 e. The molecule has 0 amide bonds. The second kappa shape index (κ2) is 4.44. The number of methoxy groups -OCH3 is 1. The highest BCUT2D eigenvalue weighted by Crippen LogP contribution is 2.25. The van der Waals surface area contributed by atoms with Crippen molar-refractivity contribution in [2.75, 3.05) is 7.11 Å². The van der Waals surface area contributed by atoms with E-state index in [4.69, 9.17) is 4.74 Å². The van der Waals surface area contributed by atoms with Gasteiger partial charge in [-0.2, -0.15) is 10.1 Å². The van der Waals surface area contributed by atoms with Crippen molar-refractivity contribution in [3.8, 4) is 11.0 Å². The average Bonchev–Trinajstić information content (AvgIpc) is 2.94. The second-order valence-electron chi connectivity index (χ2n) is 3.14. The normalized spacial score (nSPS) is 10.4. The van der Waals surface area contributed by atoms with Crippen molar-refractivity contribution >= 4 is 17.6 Å². The van der Waals surface area contributed by atoms with Crippen molar-refractivity contribution in [1.82, 2.24) is 14.8 Å². The first-order valence-corrected chi connectivity index (χ1v) is 5.64. The van der Waals surface area contributed by atoms with Crippen LogP contribution in [0, 0.1) is 0 Å². The fourth-order valence-electron chi connectivity index (χ4n) is 1.29. The molecular weight excluding hydrogens is 226 g/mol. The molecule has 0 radical (unpaired) electrons. The number of hydrogen-bond acceptors (Lipinski definition) is 5. The maximum Gasteiger partial charge on any atom is 0.275 e. The Morgan fingerprint density at radius 2 is 2.44 bits per heavy atom. The standard InChI is InChI=1S/C10H11N3O2S/c1-3-7-4-11-13(5-7)9-8(6-14)16-10(12-9)15-2/h4-6H,3H2,1-2H3. The van der Waals surface area contributed by atoms with Crippen LogP contribution in [-0.4, -0.2) is 28.2 Å². The van der Waals surface area contributed by atoms with Crippen LogP contribution in [0.1, 0.15) is 22.2 Å². The fourth-order valence-corrected chi connectivity index (χ4v) is 1.97. The van der Waals surface area contributed by atoms with E-state index in [0.717, 1.165) is 18.3 Å². The lowest BCUT2D eigenvalue weighted by Gasteiger charge is -1.95. The Kier molecular flexibility index (Phi) is 3.00. The Balaban J connectivity index is 2.45. The molecule has 6 heteroatoms. The fraction of sp³-hybridized carbons (Fsp3) is 0.300. The first-order chi connectivity index (χ1) is 7.78. The largest absolute Gasteiger partial charge is 0.473 e. The van der Waals surface area contributed by atoms with E-state index < -0.39 is 0 Å². The van der Waals surface area contributed by atoms with Gasteiger partial charge in [-0.15, -0.1) is 0 Å². The maximum absolute atomic E-state index is 10.9. The van der Waals surface area contributed by atoms with E-state index >= 15 is 0 Å². The van der Waals surface area contributed by atoms with Gasteiger partial charge in [0.25, 0.3) is 5.19 Å². The van der Waals surface area contributed by atoms with Crippen LogP contribution in [0.5, 0.6) is 5.19 Å². The molecule has 0 spiro atoms. The van der Waals surface area contributed by atoms with E-state index in [-0.39, 0.29) is 0 Å². The summed E-state index contributed by atoms with van der Waals surface area (Å²) in [6, 6.07) is 0. The van der Waals surface area contributed by atoms with Crippen molar-refractivity contribution in [2.24, 2.45) is 0 Å². The number of rotatable bonds is 4. The first kappa shape index (κ1) is 10.8. The molecule has 0 aliphatic rings. The third-order valence-corrected chi connectivity index (χ3v) is 3.09. The summed E-state index contributed by atoms with van der Waals surface area (Å²) in [5, 5.41) is 4.62. The van der Waals surface area contributed by atoms with Gasteiger partial charge in [0.2, 0.25) is 0 Å². The summed E-state index contributed by atoms with van der Waals surface area (Å²) < 4.78 is 6.60. The molecule has 0 aliphatic carbocycles. The van der Waals surface area contributed by atoms with Gasteiger partial charge in [-0.3, -0.25) is 4.79 Å². The lowest BCUT2D eigenvalue weighted by Crippen LogP contribution is -1.98. The molecule has 84 valence electrons. The van der Waals surface area contributed by atoms with E-state index in [9.17, 15) is 4.79 Å². The molecule has 2 aromatic heterocycles. The van der Waals surface area contributed by atoms with Crippen LogP contribution >= 0.6 is 11.3 Å². The third kappa shape index (κ3) is 1.83. The molecule has 0 atom stereocenters. The Labute approximate surface area is 96.7 Å². The Morgan fingerprint density at radius 1 is 1.62 bits per heavy atom. The Hall–Kier alpha value is -1.69. The van der Waals surface area contributed by atoms with Gasteiger partial charge in [0.05, 0.1) is 13.3 Å². The van der Waals surface area contributed by atoms with Crippen LogP contribution in [-0.2, 0) is 6.42 Å². The second-order valence-corrected chi connectivity index (χ2v) is 4.13. The van der Waals surface area contributed by atoms with E-state index in [1.807, 2.05) is 13.1 Å². The van der Waals surface area contributed by atoms with Crippen LogP contribution in [0.2, 0.25) is 0 Å². The molecule has 0 saturated carbocycles. The number of carbonyl (C=O) groups excluding carboxylic acids is 1. The predicted molar refractivity (Wildman–Crippen MR) is 60.6 cm³/mol. The van der Waals surface area contributed by atoms with Gasteiger partial charge in [0.1, 0.15) is 4.88 Å². The SMILES string of the molecule is CCc1cnn(-c2nc(OC)sc2C=O)c1. The minimum absolute atomic E-state index is 0.464. The monoisotopic (exact) mass is 237 g/mol. The molecule has 16 heavy (non-hydrogen) atoms. The summed E-state index contributed by atoms with van der Waals surface area (Å²) in [5.74, 6) is 0.525. The zero-order chi connectivity index (χ0) is 11.5. The van der Waals surface area contributed by atoms with Crippen molar-refractivity contribution in [3.05, 3.63) is 22.8 Å². The zero-order valence-corrected chi connectivity index (χ0v) is 9.82. The molecule has 5 nitrogen and oxygen atoms in total. The van der Waals surface area contributed by atoms with Gasteiger partial charge < -0.3 is 4.74 Å². The van der Waals surface area contributed by atoms with Crippen molar-refractivity contribution in [2.45, 2.75) is 13.3 Å². The van der Waals surface area contributed by atoms with Gasteiger partial charge in [-0.05, 0) is 12.0 Å². The predicted octanol–water partition coefficient (Wildman–Crippen LogP) is 1.71. The topological polar surface area (TPSA) is 57.0 Å². The summed E-state index contributed by atoms with van der Waals surface area (Å²) in [5.41, 5.74) is 1.10. The average molecular weight is 237 g/mol. The molecule has 0 fully saturated rings. The maximum atomic E-state index is 10.9. The van der Waals surface area contributed by atoms with Gasteiger partial charge in [0, 0.05) is 6.20 Å². The molecule has 0 unspecified atom stereocenters. The van der Waals surface area contributed by atoms with E-state index in [2.05, 4.69) is 10.1 Å². The van der Waals surface area contributed by atoms with Crippen molar-refractivity contribution < 1.29 is 9.53 Å². The number of nitrogens with zero attached hydrogens (tertiary/aromatic N) is 3. The van der Waals surface area contributed by atoms with Crippen LogP contribution in [0.15, 0.2) is 12.4 Å². The van der Waals surface area contributed by atoms with Gasteiger partial charge in [-0.1, -0.05) is 18.3 Å². The van der Waals surface area contributed by atoms with Crippen LogP contribution in [0.3, 0.4) is 0 Å². The van der Waals surface area contributed by atoms with Gasteiger partial charge >= 0.3 is 0 Å². The van der Waals surface area contributed by atoms with Gasteiger partial charge in [0.15, 0.2) is 12.1 Å². The molecule has 2 aromatic rings. The summed E-state index contributed by atoms with van der Waals surface area (Å²) in [6.07, 6.45) is 5.29. The molecule has 0 bridgehead atoms. The molecule has 0 aliphatic heterocycles. The van der Waals surface area contributed by atoms with E-state index in [0.29, 0.717) is 15.9 Å². The highest BCUT2D eigenvalue weighted by molar-refractivity contribution is 7.15. The first-order valence-electron chi connectivity index (χ1n) is 4.82. The third-order valence-electron chi connectivity index (χ3n) is 2.16. The Morgan fingerprint density at radius 3 is 3.00 bits per heavy atom. The number of ether oxygens (including phenoxy) is 1. The number of hydrogen-bond donors (Lipinski definition) is 0. The lowest BCUT2D eigenvalue weighted by atomic mass is 10.3. The summed E-state index contributed by atoms with van der Waals surface area (Å²) in [6.45, 7) is 2.05. The summed E-state index contributed by atoms with van der Waals surface area (Å²) in [7, 11) is 1.53. The molecule has 0 N–H and O–H groups in total. The quantitative estimate of drug-likeness (QED) is 0.760. The number of carbonyl (C=O) groups is 1. The minimum atomic E-state index is 0.464. The van der Waals surface area contributed by atoms with Gasteiger partial charge in [-0.25, -0.2) is 4.68 Å². The highest BCUT2D eigenvalue weighted by atomic mass is 32.1. The van der Waals surface area contributed by atoms with Crippen LogP contribution in [0.4, 0.5) is 0 Å². The van der Waals surface area contributed by atoms with Crippen LogP contribution in [0.25, 0.3) is 5.82 Å². The number of aryl methyl sites for hydroxylation is 1. The summed E-state index contributed by atoms with van der Waals surface area (Å²) in [4.78, 5) is 15.6. The van der Waals surface area contributed by atoms with E-state index in [1.165, 1.54) is 18.4 Å². The molecule has 2 heterocycles. The number of aldehydes is 1. The summed E-state index contributed by atoms with van der Waals surface area (Å²) >= 11 is 1.21. The minimum Gasteiger partial charge on any atom is -0.473 e. The van der Waals surface area contributed by atoms with Crippen molar-refractivity contribution in [3.63, 3.8) is 0 Å². The van der Waals surface area contributed by atoms with Crippen molar-refractivity contribution in [1.29, 1.82) is 0 Å². The highest BCUT2D eigenvalue weighted by Gasteiger charge is 2.13. The molecule has 0 aromatic carbocycles. The van der Waals surface area contributed by atoms with Crippen LogP contribution < -0.4 is 4.74 Å². The zero-order valence-electron chi connectivity index (χ0n) is 9.01. The lowest BCUT2D eigenvalue weighted by molar-refractivity contribution is 0.112. The number of thiazole rings is 1.